The van der Waals surface area contributed by atoms with Gasteiger partial charge in [0.2, 0.25) is 0 Å². The van der Waals surface area contributed by atoms with E-state index in [4.69, 9.17) is 10.5 Å². The third-order valence-electron chi connectivity index (χ3n) is 7.80. The van der Waals surface area contributed by atoms with Crippen molar-refractivity contribution < 1.29 is 33.4 Å². The number of esters is 2. The van der Waals surface area contributed by atoms with Crippen LogP contribution in [0.15, 0.2) is 91.0 Å². The fraction of sp³-hybridized carbons (Fsp3) is 0.343. The average molecular weight is 761 g/mol. The molecule has 13 heteroatoms. The number of rotatable bonds is 18. The monoisotopic (exact) mass is 759 g/mol. The van der Waals surface area contributed by atoms with Crippen molar-refractivity contribution in [1.29, 1.82) is 0 Å². The number of thioether (sulfide) groups is 1. The van der Waals surface area contributed by atoms with E-state index >= 15 is 0 Å². The molecule has 258 valence electrons. The van der Waals surface area contributed by atoms with Crippen molar-refractivity contribution in [1.82, 2.24) is 10.6 Å². The summed E-state index contributed by atoms with van der Waals surface area (Å²) >= 11 is 5.33. The molecule has 0 aliphatic carbocycles. The Kier molecular flexibility index (Phi) is 15.3. The van der Waals surface area contributed by atoms with Crippen molar-refractivity contribution in [3.63, 3.8) is 0 Å². The molecule has 0 radical (unpaired) electrons. The second-order valence-electron chi connectivity index (χ2n) is 11.0. The standard InChI is InChI=1S/C35H43BrN3O7PS/c1-3-46-32(41)24-38-34(43)30(39-31(40)22-21-29(37)35(44)45-2)25-48-33(42)20-13-23-47(36,26-14-7-4-8-15-26,27-16-9-5-10-17-27)28-18-11-6-12-19-28/h4-12,14-19,29-30H,3,13,20-25,37H2,1-2H3,(H,38,43)(H,39,40)/t29-,30-/m0/s1. The fourth-order valence-corrected chi connectivity index (χ4v) is 13.9. The van der Waals surface area contributed by atoms with Gasteiger partial charge in [0.25, 0.3) is 0 Å². The van der Waals surface area contributed by atoms with Crippen LogP contribution in [0.4, 0.5) is 0 Å². The van der Waals surface area contributed by atoms with Crippen LogP contribution in [0.1, 0.15) is 32.6 Å². The van der Waals surface area contributed by atoms with Crippen LogP contribution < -0.4 is 32.3 Å². The molecule has 0 aliphatic heterocycles. The van der Waals surface area contributed by atoms with Crippen LogP contribution in [-0.2, 0) is 33.4 Å². The number of halogens is 1. The van der Waals surface area contributed by atoms with Crippen LogP contribution in [0.25, 0.3) is 0 Å². The van der Waals surface area contributed by atoms with Gasteiger partial charge in [-0.05, 0) is 6.92 Å². The van der Waals surface area contributed by atoms with E-state index in [1.165, 1.54) is 7.11 Å². The summed E-state index contributed by atoms with van der Waals surface area (Å²) in [5.41, 5.74) is 5.74. The molecule has 10 nitrogen and oxygen atoms in total. The van der Waals surface area contributed by atoms with Gasteiger partial charge in [-0.2, -0.15) is 0 Å². The minimum atomic E-state index is -3.21. The summed E-state index contributed by atoms with van der Waals surface area (Å²) < 4.78 is 9.46. The molecular weight excluding hydrogens is 717 g/mol. The number of hydrogen-bond donors (Lipinski definition) is 3. The molecule has 3 aromatic carbocycles. The SMILES string of the molecule is CCOC(=O)CNC(=O)[C@H](CSC(=O)CCCP(Br)(c1ccccc1)(c1ccccc1)c1ccccc1)NC(=O)CC[C@H](N)C(=O)OC. The Bertz CT molecular complexity index is 1430. The first kappa shape index (κ1) is 38.9. The Labute approximate surface area is 293 Å². The average Bonchev–Trinajstić information content (AvgIpc) is 3.12. The molecule has 0 saturated carbocycles. The minimum Gasteiger partial charge on any atom is -0.468 e. The third kappa shape index (κ3) is 10.2. The van der Waals surface area contributed by atoms with E-state index in [9.17, 15) is 24.0 Å². The molecule has 0 fully saturated rings. The second kappa shape index (κ2) is 18.8. The maximum atomic E-state index is 13.3. The number of amides is 2. The van der Waals surface area contributed by atoms with Crippen LogP contribution >= 0.6 is 32.6 Å². The Hall–Kier alpha value is -3.57. The smallest absolute Gasteiger partial charge is 0.468 e. The van der Waals surface area contributed by atoms with Gasteiger partial charge in [-0.15, -0.1) is 0 Å². The van der Waals surface area contributed by atoms with Gasteiger partial charge in [0, 0.05) is 0 Å². The molecule has 4 N–H and O–H groups in total. The van der Waals surface area contributed by atoms with Gasteiger partial charge in [-0.1, -0.05) is 0 Å². The van der Waals surface area contributed by atoms with Crippen molar-refractivity contribution >= 4 is 77.3 Å². The summed E-state index contributed by atoms with van der Waals surface area (Å²) in [6.45, 7) is 1.41. The number of hydrogen-bond acceptors (Lipinski definition) is 9. The summed E-state index contributed by atoms with van der Waals surface area (Å²) in [6.07, 6.45) is 1.29. The van der Waals surface area contributed by atoms with E-state index in [2.05, 4.69) is 67.3 Å². The molecule has 0 unspecified atom stereocenters. The zero-order valence-electron chi connectivity index (χ0n) is 27.1. The van der Waals surface area contributed by atoms with Gasteiger partial charge in [-0.25, -0.2) is 0 Å². The van der Waals surface area contributed by atoms with Crippen molar-refractivity contribution in [2.24, 2.45) is 5.73 Å². The van der Waals surface area contributed by atoms with E-state index in [0.29, 0.717) is 12.6 Å². The van der Waals surface area contributed by atoms with Gasteiger partial charge >= 0.3 is 259 Å². The molecule has 0 bridgehead atoms. The fourth-order valence-electron chi connectivity index (χ4n) is 5.32. The molecule has 2 atom stereocenters. The van der Waals surface area contributed by atoms with Crippen molar-refractivity contribution in [2.75, 3.05) is 32.2 Å². The molecule has 0 saturated heterocycles. The number of carbonyl (C=O) groups excluding carboxylic acids is 5. The number of methoxy groups -OCH3 is 1. The van der Waals surface area contributed by atoms with Crippen LogP contribution in [0, 0.1) is 0 Å². The molecule has 0 spiro atoms. The molecule has 2 amide bonds. The molecule has 0 aromatic heterocycles. The van der Waals surface area contributed by atoms with Crippen LogP contribution in [0.2, 0.25) is 0 Å². The van der Waals surface area contributed by atoms with Gasteiger partial charge in [-0.3, -0.25) is 4.79 Å². The minimum absolute atomic E-state index is 0.00449. The summed E-state index contributed by atoms with van der Waals surface area (Å²) in [6, 6.07) is 28.7. The molecular formula is C35H43BrN3O7PS. The number of benzene rings is 3. The van der Waals surface area contributed by atoms with E-state index in [1.807, 2.05) is 54.6 Å². The van der Waals surface area contributed by atoms with Crippen LogP contribution in [-0.4, -0.2) is 73.1 Å². The van der Waals surface area contributed by atoms with E-state index in [0.717, 1.165) is 27.7 Å². The van der Waals surface area contributed by atoms with Crippen molar-refractivity contribution in [3.05, 3.63) is 91.0 Å². The van der Waals surface area contributed by atoms with Crippen molar-refractivity contribution in [2.45, 2.75) is 44.7 Å². The van der Waals surface area contributed by atoms with Gasteiger partial charge in [0.05, 0.1) is 13.7 Å². The van der Waals surface area contributed by atoms with E-state index < -0.39 is 41.1 Å². The second-order valence-corrected chi connectivity index (χ2v) is 21.1. The number of carbonyl (C=O) groups is 5. The summed E-state index contributed by atoms with van der Waals surface area (Å²) in [7, 11) is 1.20. The Balaban J connectivity index is 1.75. The molecule has 0 aliphatic rings. The predicted octanol–water partition coefficient (Wildman–Crippen LogP) is 3.31. The first-order valence-corrected chi connectivity index (χ1v) is 21.1. The Morgan fingerprint density at radius 2 is 1.38 bits per heavy atom. The summed E-state index contributed by atoms with van der Waals surface area (Å²) in [5, 5.41) is 5.15. The van der Waals surface area contributed by atoms with Gasteiger partial charge in [0.1, 0.15) is 0 Å². The van der Waals surface area contributed by atoms with Crippen LogP contribution in [0.5, 0.6) is 0 Å². The Morgan fingerprint density at radius 1 is 0.854 bits per heavy atom. The normalized spacial score (nSPS) is 13.2. The third-order valence-corrected chi connectivity index (χ3v) is 18.9. The molecule has 48 heavy (non-hydrogen) atoms. The van der Waals surface area contributed by atoms with Gasteiger partial charge < -0.3 is 10.5 Å². The predicted molar refractivity (Wildman–Crippen MR) is 196 cm³/mol. The summed E-state index contributed by atoms with van der Waals surface area (Å²) in [5.74, 6) is -2.52. The number of nitrogens with two attached hydrogens (primary N) is 1. The molecule has 3 rings (SSSR count). The number of nitrogens with one attached hydrogen (secondary N) is 2. The summed E-state index contributed by atoms with van der Waals surface area (Å²) in [4.78, 5) is 62.4. The maximum absolute atomic E-state index is 13.3. The first-order valence-electron chi connectivity index (χ1n) is 15.6. The molecule has 0 heterocycles. The van der Waals surface area contributed by atoms with Gasteiger partial charge in [0.15, 0.2) is 0 Å². The van der Waals surface area contributed by atoms with E-state index in [1.54, 1.807) is 6.92 Å². The van der Waals surface area contributed by atoms with E-state index in [-0.39, 0.29) is 43.3 Å². The first-order chi connectivity index (χ1) is 23.0. The van der Waals surface area contributed by atoms with Crippen LogP contribution in [0.3, 0.4) is 0 Å². The topological polar surface area (TPSA) is 154 Å². The molecule has 3 aromatic rings. The number of ether oxygens (including phenoxy) is 2. The Morgan fingerprint density at radius 3 is 1.85 bits per heavy atom. The van der Waals surface area contributed by atoms with Crippen molar-refractivity contribution in [3.8, 4) is 0 Å². The zero-order chi connectivity index (χ0) is 35.0. The quantitative estimate of drug-likeness (QED) is 0.131. The zero-order valence-corrected chi connectivity index (χ0v) is 30.4.